The molecule has 2 aromatic rings. The number of aromatic nitrogens is 2. The van der Waals surface area contributed by atoms with Crippen LogP contribution in [-0.2, 0) is 0 Å². The molecule has 0 aliphatic rings. The molecule has 1 aromatic carbocycles. The molecule has 0 aliphatic carbocycles. The number of anilines is 2. The maximum absolute atomic E-state index is 5.78. The van der Waals surface area contributed by atoms with Gasteiger partial charge in [-0.25, -0.2) is 9.97 Å². The standard InChI is InChI=1S/C12H12ClN3/c1-8-5-9(2)7-10(6-8)15-12-14-4-3-11(13)16-12/h3-7H,1-2H3,(H,14,15,16). The van der Waals surface area contributed by atoms with Crippen molar-refractivity contribution in [2.45, 2.75) is 13.8 Å². The Kier molecular flexibility index (Phi) is 3.06. The van der Waals surface area contributed by atoms with Gasteiger partial charge in [0, 0.05) is 11.9 Å². The Morgan fingerprint density at radius 1 is 1.12 bits per heavy atom. The van der Waals surface area contributed by atoms with Crippen molar-refractivity contribution in [3.63, 3.8) is 0 Å². The van der Waals surface area contributed by atoms with E-state index in [2.05, 4.69) is 35.2 Å². The van der Waals surface area contributed by atoms with Crippen molar-refractivity contribution in [3.05, 3.63) is 46.7 Å². The van der Waals surface area contributed by atoms with Gasteiger partial charge in [0.2, 0.25) is 5.95 Å². The number of benzene rings is 1. The van der Waals surface area contributed by atoms with E-state index in [0.29, 0.717) is 11.1 Å². The van der Waals surface area contributed by atoms with E-state index in [-0.39, 0.29) is 0 Å². The predicted octanol–water partition coefficient (Wildman–Crippen LogP) is 3.49. The van der Waals surface area contributed by atoms with Crippen LogP contribution in [0.4, 0.5) is 11.6 Å². The molecule has 82 valence electrons. The van der Waals surface area contributed by atoms with E-state index in [1.165, 1.54) is 11.1 Å². The first-order valence-corrected chi connectivity index (χ1v) is 5.35. The highest BCUT2D eigenvalue weighted by atomic mass is 35.5. The number of nitrogens with zero attached hydrogens (tertiary/aromatic N) is 2. The quantitative estimate of drug-likeness (QED) is 0.807. The molecule has 1 heterocycles. The number of halogens is 1. The van der Waals surface area contributed by atoms with Crippen molar-refractivity contribution >= 4 is 23.2 Å². The van der Waals surface area contributed by atoms with Gasteiger partial charge >= 0.3 is 0 Å². The Morgan fingerprint density at radius 3 is 2.44 bits per heavy atom. The van der Waals surface area contributed by atoms with E-state index >= 15 is 0 Å². The second kappa shape index (κ2) is 4.49. The minimum absolute atomic E-state index is 0.432. The van der Waals surface area contributed by atoms with Crippen LogP contribution in [0.3, 0.4) is 0 Å². The number of rotatable bonds is 2. The molecular weight excluding hydrogens is 222 g/mol. The fourth-order valence-corrected chi connectivity index (χ4v) is 1.71. The van der Waals surface area contributed by atoms with E-state index in [9.17, 15) is 0 Å². The van der Waals surface area contributed by atoms with Crippen LogP contribution in [0.1, 0.15) is 11.1 Å². The third kappa shape index (κ3) is 2.70. The molecule has 0 fully saturated rings. The highest BCUT2D eigenvalue weighted by Crippen LogP contribution is 2.17. The summed E-state index contributed by atoms with van der Waals surface area (Å²) in [5.41, 5.74) is 3.37. The van der Waals surface area contributed by atoms with Gasteiger partial charge < -0.3 is 5.32 Å². The number of nitrogens with one attached hydrogen (secondary N) is 1. The van der Waals surface area contributed by atoms with Crippen molar-refractivity contribution in [3.8, 4) is 0 Å². The van der Waals surface area contributed by atoms with Gasteiger partial charge in [0.25, 0.3) is 0 Å². The fraction of sp³-hybridized carbons (Fsp3) is 0.167. The van der Waals surface area contributed by atoms with Gasteiger partial charge in [-0.2, -0.15) is 0 Å². The van der Waals surface area contributed by atoms with Crippen LogP contribution in [0, 0.1) is 13.8 Å². The topological polar surface area (TPSA) is 37.8 Å². The minimum Gasteiger partial charge on any atom is -0.324 e. The van der Waals surface area contributed by atoms with Crippen LogP contribution in [-0.4, -0.2) is 9.97 Å². The van der Waals surface area contributed by atoms with Gasteiger partial charge in [-0.15, -0.1) is 0 Å². The van der Waals surface area contributed by atoms with Crippen LogP contribution >= 0.6 is 11.6 Å². The Bertz CT molecular complexity index is 491. The summed E-state index contributed by atoms with van der Waals surface area (Å²) >= 11 is 5.78. The average molecular weight is 234 g/mol. The second-order valence-electron chi connectivity index (χ2n) is 3.70. The molecule has 1 aromatic heterocycles. The lowest BCUT2D eigenvalue weighted by Crippen LogP contribution is -1.97. The third-order valence-electron chi connectivity index (χ3n) is 2.10. The highest BCUT2D eigenvalue weighted by Gasteiger charge is 1.99. The van der Waals surface area contributed by atoms with Gasteiger partial charge in [-0.3, -0.25) is 0 Å². The summed E-state index contributed by atoms with van der Waals surface area (Å²) in [4.78, 5) is 8.16. The average Bonchev–Trinajstić information content (AvgIpc) is 2.15. The molecule has 4 heteroatoms. The summed E-state index contributed by atoms with van der Waals surface area (Å²) in [7, 11) is 0. The van der Waals surface area contributed by atoms with E-state index < -0.39 is 0 Å². The lowest BCUT2D eigenvalue weighted by Gasteiger charge is -2.06. The Balaban J connectivity index is 2.27. The maximum Gasteiger partial charge on any atom is 0.228 e. The van der Waals surface area contributed by atoms with Gasteiger partial charge in [-0.1, -0.05) is 17.7 Å². The molecule has 3 nitrogen and oxygen atoms in total. The molecule has 0 saturated carbocycles. The van der Waals surface area contributed by atoms with Crippen molar-refractivity contribution in [2.24, 2.45) is 0 Å². The lowest BCUT2D eigenvalue weighted by atomic mass is 10.1. The van der Waals surface area contributed by atoms with Crippen LogP contribution in [0.5, 0.6) is 0 Å². The maximum atomic E-state index is 5.78. The molecule has 16 heavy (non-hydrogen) atoms. The first-order chi connectivity index (χ1) is 7.63. The Labute approximate surface area is 99.5 Å². The van der Waals surface area contributed by atoms with E-state index in [1.807, 2.05) is 12.1 Å². The smallest absolute Gasteiger partial charge is 0.228 e. The summed E-state index contributed by atoms with van der Waals surface area (Å²) in [6.45, 7) is 4.11. The first-order valence-electron chi connectivity index (χ1n) is 4.97. The molecular formula is C12H12ClN3. The molecule has 0 radical (unpaired) electrons. The summed E-state index contributed by atoms with van der Waals surface area (Å²) in [5, 5.41) is 3.55. The predicted molar refractivity (Wildman–Crippen MR) is 66.2 cm³/mol. The van der Waals surface area contributed by atoms with Gasteiger partial charge in [0.1, 0.15) is 5.15 Å². The molecule has 0 bridgehead atoms. The first kappa shape index (κ1) is 10.9. The van der Waals surface area contributed by atoms with E-state index in [0.717, 1.165) is 5.69 Å². The molecule has 0 unspecified atom stereocenters. The summed E-state index contributed by atoms with van der Waals surface area (Å²) in [5.74, 6) is 0.512. The lowest BCUT2D eigenvalue weighted by molar-refractivity contribution is 1.16. The molecule has 0 atom stereocenters. The summed E-state index contributed by atoms with van der Waals surface area (Å²) in [6.07, 6.45) is 1.63. The van der Waals surface area contributed by atoms with Crippen LogP contribution in [0.15, 0.2) is 30.5 Å². The van der Waals surface area contributed by atoms with Crippen molar-refractivity contribution < 1.29 is 0 Å². The van der Waals surface area contributed by atoms with Crippen molar-refractivity contribution in [1.29, 1.82) is 0 Å². The van der Waals surface area contributed by atoms with Gasteiger partial charge in [0.15, 0.2) is 0 Å². The summed E-state index contributed by atoms with van der Waals surface area (Å²) < 4.78 is 0. The van der Waals surface area contributed by atoms with Crippen molar-refractivity contribution in [1.82, 2.24) is 9.97 Å². The Morgan fingerprint density at radius 2 is 1.81 bits per heavy atom. The zero-order chi connectivity index (χ0) is 11.5. The van der Waals surface area contributed by atoms with E-state index in [4.69, 9.17) is 11.6 Å². The molecule has 0 spiro atoms. The molecule has 1 N–H and O–H groups in total. The number of hydrogen-bond donors (Lipinski definition) is 1. The van der Waals surface area contributed by atoms with E-state index in [1.54, 1.807) is 12.3 Å². The second-order valence-corrected chi connectivity index (χ2v) is 4.09. The van der Waals surface area contributed by atoms with Crippen LogP contribution in [0.2, 0.25) is 5.15 Å². The number of hydrogen-bond acceptors (Lipinski definition) is 3. The molecule has 2 rings (SSSR count). The highest BCUT2D eigenvalue weighted by molar-refractivity contribution is 6.29. The largest absolute Gasteiger partial charge is 0.324 e. The van der Waals surface area contributed by atoms with Crippen LogP contribution in [0.25, 0.3) is 0 Å². The fourth-order valence-electron chi connectivity index (χ4n) is 1.57. The number of aryl methyl sites for hydroxylation is 2. The normalized spacial score (nSPS) is 10.2. The molecule has 0 saturated heterocycles. The zero-order valence-corrected chi connectivity index (χ0v) is 9.92. The molecule has 0 aliphatic heterocycles. The zero-order valence-electron chi connectivity index (χ0n) is 9.16. The van der Waals surface area contributed by atoms with Gasteiger partial charge in [0.05, 0.1) is 0 Å². The Hall–Kier alpha value is -1.61. The van der Waals surface area contributed by atoms with Crippen LogP contribution < -0.4 is 5.32 Å². The monoisotopic (exact) mass is 233 g/mol. The van der Waals surface area contributed by atoms with Crippen molar-refractivity contribution in [2.75, 3.05) is 5.32 Å². The molecule has 0 amide bonds. The third-order valence-corrected chi connectivity index (χ3v) is 2.31. The minimum atomic E-state index is 0.432. The SMILES string of the molecule is Cc1cc(C)cc(Nc2nccc(Cl)n2)c1. The van der Waals surface area contributed by atoms with Gasteiger partial charge in [-0.05, 0) is 43.2 Å². The summed E-state index contributed by atoms with van der Waals surface area (Å²) in [6, 6.07) is 7.84.